The third kappa shape index (κ3) is 4.47. The zero-order valence-corrected chi connectivity index (χ0v) is 13.2. The van der Waals surface area contributed by atoms with E-state index in [0.717, 1.165) is 12.8 Å². The van der Waals surface area contributed by atoms with Crippen LogP contribution in [0.5, 0.6) is 5.75 Å². The third-order valence-corrected chi connectivity index (χ3v) is 5.12. The lowest BCUT2D eigenvalue weighted by Gasteiger charge is -2.27. The Labute approximate surface area is 121 Å². The molecule has 0 unspecified atom stereocenters. The lowest BCUT2D eigenvalue weighted by atomic mass is 9.98. The van der Waals surface area contributed by atoms with Gasteiger partial charge in [-0.2, -0.15) is 0 Å². The summed E-state index contributed by atoms with van der Waals surface area (Å²) in [4.78, 5) is 0.241. The van der Waals surface area contributed by atoms with Gasteiger partial charge in [0, 0.05) is 12.1 Å². The Kier molecular flexibility index (Phi) is 5.98. The fraction of sp³-hybridized carbons (Fsp3) is 0.571. The van der Waals surface area contributed by atoms with Crippen molar-refractivity contribution in [2.24, 2.45) is 5.73 Å². The Morgan fingerprint density at radius 3 is 2.20 bits per heavy atom. The molecule has 0 fully saturated rings. The minimum absolute atomic E-state index is 0.241. The molecule has 3 N–H and O–H groups in total. The Balaban J connectivity index is 2.88. The van der Waals surface area contributed by atoms with Crippen LogP contribution in [0.25, 0.3) is 0 Å². The number of benzene rings is 1. The highest BCUT2D eigenvalue weighted by Crippen LogP contribution is 2.20. The summed E-state index contributed by atoms with van der Waals surface area (Å²) in [7, 11) is -3.51. The van der Waals surface area contributed by atoms with Crippen molar-refractivity contribution in [3.05, 3.63) is 24.3 Å². The van der Waals surface area contributed by atoms with Crippen LogP contribution in [0.4, 0.5) is 0 Å². The zero-order valence-electron chi connectivity index (χ0n) is 12.3. The molecular weight excluding hydrogens is 276 g/mol. The predicted octanol–water partition coefficient (Wildman–Crippen LogP) is 1.88. The lowest BCUT2D eigenvalue weighted by molar-refractivity contribution is 0.328. The van der Waals surface area contributed by atoms with Crippen LogP contribution in [0.1, 0.15) is 33.6 Å². The minimum Gasteiger partial charge on any atom is -0.492 e. The molecule has 1 rings (SSSR count). The second-order valence-electron chi connectivity index (χ2n) is 4.98. The quantitative estimate of drug-likeness (QED) is 0.768. The van der Waals surface area contributed by atoms with E-state index in [9.17, 15) is 8.42 Å². The summed E-state index contributed by atoms with van der Waals surface area (Å²) in [5.41, 5.74) is 4.92. The maximum Gasteiger partial charge on any atom is 0.241 e. The minimum atomic E-state index is -3.51. The van der Waals surface area contributed by atoms with E-state index in [1.807, 2.05) is 20.8 Å². The first-order valence-electron chi connectivity index (χ1n) is 6.84. The smallest absolute Gasteiger partial charge is 0.241 e. The first kappa shape index (κ1) is 16.9. The molecule has 1 aromatic carbocycles. The van der Waals surface area contributed by atoms with Gasteiger partial charge in [-0.25, -0.2) is 13.1 Å². The van der Waals surface area contributed by atoms with Crippen LogP contribution in [0, 0.1) is 0 Å². The molecule has 20 heavy (non-hydrogen) atoms. The van der Waals surface area contributed by atoms with Gasteiger partial charge >= 0.3 is 0 Å². The predicted molar refractivity (Wildman–Crippen MR) is 80.3 cm³/mol. The number of rotatable bonds is 8. The highest BCUT2D eigenvalue weighted by atomic mass is 32.2. The molecule has 5 nitrogen and oxygen atoms in total. The van der Waals surface area contributed by atoms with Crippen LogP contribution in [0.15, 0.2) is 29.2 Å². The van der Waals surface area contributed by atoms with E-state index >= 15 is 0 Å². The highest BCUT2D eigenvalue weighted by Gasteiger charge is 2.27. The molecule has 114 valence electrons. The van der Waals surface area contributed by atoms with Crippen LogP contribution in [0.2, 0.25) is 0 Å². The molecule has 0 aromatic heterocycles. The number of hydrogen-bond acceptors (Lipinski definition) is 4. The van der Waals surface area contributed by atoms with Crippen molar-refractivity contribution in [1.29, 1.82) is 0 Å². The normalized spacial score (nSPS) is 12.4. The summed E-state index contributed by atoms with van der Waals surface area (Å²) >= 11 is 0. The SMILES string of the molecule is CCC(C)(CC)NS(=O)(=O)c1ccc(OCCN)cc1. The van der Waals surface area contributed by atoms with Gasteiger partial charge in [0.2, 0.25) is 10.0 Å². The van der Waals surface area contributed by atoms with E-state index in [2.05, 4.69) is 4.72 Å². The number of nitrogens with two attached hydrogens (primary N) is 1. The van der Waals surface area contributed by atoms with E-state index in [-0.39, 0.29) is 4.90 Å². The molecule has 1 aromatic rings. The van der Waals surface area contributed by atoms with Gasteiger partial charge in [0.15, 0.2) is 0 Å². The highest BCUT2D eigenvalue weighted by molar-refractivity contribution is 7.89. The maximum atomic E-state index is 12.3. The third-order valence-electron chi connectivity index (χ3n) is 3.46. The maximum absolute atomic E-state index is 12.3. The van der Waals surface area contributed by atoms with Gasteiger partial charge in [0.1, 0.15) is 12.4 Å². The fourth-order valence-electron chi connectivity index (χ4n) is 1.67. The number of nitrogens with one attached hydrogen (secondary N) is 1. The zero-order chi connectivity index (χ0) is 15.2. The topological polar surface area (TPSA) is 81.4 Å². The van der Waals surface area contributed by atoms with Gasteiger partial charge in [0.05, 0.1) is 4.90 Å². The van der Waals surface area contributed by atoms with E-state index in [4.69, 9.17) is 10.5 Å². The van der Waals surface area contributed by atoms with Gasteiger partial charge in [-0.1, -0.05) is 13.8 Å². The van der Waals surface area contributed by atoms with Crippen molar-refractivity contribution in [2.45, 2.75) is 44.0 Å². The number of hydrogen-bond donors (Lipinski definition) is 2. The molecule has 0 saturated carbocycles. The fourth-order valence-corrected chi connectivity index (χ4v) is 3.22. The van der Waals surface area contributed by atoms with Crippen molar-refractivity contribution in [3.8, 4) is 5.75 Å². The van der Waals surface area contributed by atoms with Gasteiger partial charge in [-0.3, -0.25) is 0 Å². The van der Waals surface area contributed by atoms with E-state index in [1.54, 1.807) is 24.3 Å². The Morgan fingerprint density at radius 1 is 1.20 bits per heavy atom. The van der Waals surface area contributed by atoms with Gasteiger partial charge in [0.25, 0.3) is 0 Å². The molecule has 6 heteroatoms. The van der Waals surface area contributed by atoms with E-state index in [0.29, 0.717) is 18.9 Å². The molecule has 0 atom stereocenters. The Hall–Kier alpha value is -1.11. The molecule has 0 aliphatic carbocycles. The second kappa shape index (κ2) is 7.06. The number of ether oxygens (including phenoxy) is 1. The number of sulfonamides is 1. The van der Waals surface area contributed by atoms with Gasteiger partial charge < -0.3 is 10.5 Å². The van der Waals surface area contributed by atoms with Crippen molar-refractivity contribution in [3.63, 3.8) is 0 Å². The molecular formula is C14H24N2O3S. The van der Waals surface area contributed by atoms with Crippen LogP contribution in [0.3, 0.4) is 0 Å². The average molecular weight is 300 g/mol. The van der Waals surface area contributed by atoms with Crippen LogP contribution in [-0.4, -0.2) is 27.1 Å². The summed E-state index contributed by atoms with van der Waals surface area (Å²) in [6.45, 7) is 6.68. The van der Waals surface area contributed by atoms with Gasteiger partial charge in [-0.15, -0.1) is 0 Å². The molecule has 0 amide bonds. The molecule has 0 spiro atoms. The van der Waals surface area contributed by atoms with E-state index < -0.39 is 15.6 Å². The molecule has 0 bridgehead atoms. The van der Waals surface area contributed by atoms with Crippen LogP contribution in [-0.2, 0) is 10.0 Å². The summed E-state index contributed by atoms with van der Waals surface area (Å²) < 4.78 is 32.7. The molecule has 0 heterocycles. The first-order chi connectivity index (χ1) is 9.37. The Morgan fingerprint density at radius 2 is 1.75 bits per heavy atom. The standard InChI is InChI=1S/C14H24N2O3S/c1-4-14(3,5-2)16-20(17,18)13-8-6-12(7-9-13)19-11-10-15/h6-9,16H,4-5,10-11,15H2,1-3H3. The monoisotopic (exact) mass is 300 g/mol. The van der Waals surface area contributed by atoms with Crippen molar-refractivity contribution in [2.75, 3.05) is 13.2 Å². The molecule has 0 radical (unpaired) electrons. The van der Waals surface area contributed by atoms with Crippen LogP contribution < -0.4 is 15.2 Å². The summed E-state index contributed by atoms with van der Waals surface area (Å²) in [6.07, 6.45) is 1.47. The van der Waals surface area contributed by atoms with Gasteiger partial charge in [-0.05, 0) is 44.0 Å². The molecule has 0 aliphatic heterocycles. The average Bonchev–Trinajstić information content (AvgIpc) is 2.45. The first-order valence-corrected chi connectivity index (χ1v) is 8.32. The van der Waals surface area contributed by atoms with Crippen molar-refractivity contribution >= 4 is 10.0 Å². The second-order valence-corrected chi connectivity index (χ2v) is 6.66. The molecule has 0 aliphatic rings. The van der Waals surface area contributed by atoms with E-state index in [1.165, 1.54) is 0 Å². The van der Waals surface area contributed by atoms with Crippen molar-refractivity contribution in [1.82, 2.24) is 4.72 Å². The summed E-state index contributed by atoms with van der Waals surface area (Å²) in [6, 6.07) is 6.36. The largest absolute Gasteiger partial charge is 0.492 e. The van der Waals surface area contributed by atoms with Crippen LogP contribution >= 0.6 is 0 Å². The lowest BCUT2D eigenvalue weighted by Crippen LogP contribution is -2.44. The van der Waals surface area contributed by atoms with Crippen molar-refractivity contribution < 1.29 is 13.2 Å². The summed E-state index contributed by atoms with van der Waals surface area (Å²) in [5.74, 6) is 0.614. The Bertz CT molecular complexity index is 508. The summed E-state index contributed by atoms with van der Waals surface area (Å²) in [5, 5.41) is 0. The molecule has 0 saturated heterocycles.